The maximum atomic E-state index is 12.9. The first-order chi connectivity index (χ1) is 20.7. The summed E-state index contributed by atoms with van der Waals surface area (Å²) in [6, 6.07) is 7.21. The maximum absolute atomic E-state index is 12.9. The molecule has 1 saturated heterocycles. The molecule has 1 aromatic rings. The number of nitrogens with one attached hydrogen (secondary N) is 4. The second kappa shape index (κ2) is 17.8. The summed E-state index contributed by atoms with van der Waals surface area (Å²) in [6.45, 7) is 6.93. The molecule has 1 aliphatic rings. The van der Waals surface area contributed by atoms with E-state index in [-0.39, 0.29) is 31.9 Å². The first-order valence-electron chi connectivity index (χ1n) is 14.7. The lowest BCUT2D eigenvalue weighted by molar-refractivity contribution is -0.142. The van der Waals surface area contributed by atoms with Crippen LogP contribution in [0.1, 0.15) is 65.4 Å². The quantitative estimate of drug-likeness (QED) is 0.154. The monoisotopic (exact) mass is 642 g/mol. The highest BCUT2D eigenvalue weighted by molar-refractivity contribution is 7.89. The van der Waals surface area contributed by atoms with E-state index in [1.165, 1.54) is 0 Å². The minimum absolute atomic E-state index is 0.0513. The molecule has 1 fully saturated rings. The van der Waals surface area contributed by atoms with Crippen LogP contribution in [-0.4, -0.2) is 88.3 Å². The van der Waals surface area contributed by atoms with Crippen LogP contribution in [0.5, 0.6) is 0 Å². The molecule has 4 N–H and O–H groups in total. The average Bonchev–Trinajstić information content (AvgIpc) is 3.46. The van der Waals surface area contributed by atoms with Crippen molar-refractivity contribution in [3.63, 3.8) is 0 Å². The number of hydrogen-bond acceptors (Lipinski definition) is 10. The Hall–Kier alpha value is -3.43. The van der Waals surface area contributed by atoms with E-state index in [1.807, 2.05) is 37.3 Å². The fourth-order valence-corrected chi connectivity index (χ4v) is 5.70. The molecule has 15 heteroatoms. The van der Waals surface area contributed by atoms with Gasteiger partial charge in [-0.15, -0.1) is 0 Å². The van der Waals surface area contributed by atoms with Crippen molar-refractivity contribution >= 4 is 34.1 Å². The number of unbranched alkanes of at least 4 members (excludes halogenated alkanes) is 1. The van der Waals surface area contributed by atoms with E-state index in [4.69, 9.17) is 18.9 Å². The Balaban J connectivity index is 2.00. The van der Waals surface area contributed by atoms with Crippen LogP contribution in [0, 0.1) is 0 Å². The molecule has 1 aliphatic heterocycles. The minimum atomic E-state index is -3.77. The highest BCUT2D eigenvalue weighted by Gasteiger charge is 2.37. The molecule has 248 valence electrons. The molecule has 3 amide bonds. The van der Waals surface area contributed by atoms with Gasteiger partial charge in [-0.3, -0.25) is 9.59 Å². The Morgan fingerprint density at radius 2 is 1.75 bits per heavy atom. The van der Waals surface area contributed by atoms with Gasteiger partial charge in [0.2, 0.25) is 15.9 Å². The molecule has 0 spiro atoms. The molecular weight excluding hydrogens is 596 g/mol. The van der Waals surface area contributed by atoms with Crippen molar-refractivity contribution in [2.75, 3.05) is 26.0 Å². The van der Waals surface area contributed by atoms with Gasteiger partial charge in [-0.05, 0) is 52.0 Å². The van der Waals surface area contributed by atoms with Crippen LogP contribution in [-0.2, 0) is 45.2 Å². The number of esters is 1. The summed E-state index contributed by atoms with van der Waals surface area (Å²) in [6.07, 6.45) is -0.799. The van der Waals surface area contributed by atoms with E-state index in [9.17, 15) is 27.6 Å². The predicted octanol–water partition coefficient (Wildman–Crippen LogP) is 2.12. The average molecular weight is 643 g/mol. The fraction of sp³-hybridized carbons (Fsp3) is 0.655. The van der Waals surface area contributed by atoms with E-state index in [1.54, 1.807) is 20.8 Å². The second-order valence-electron chi connectivity index (χ2n) is 11.4. The van der Waals surface area contributed by atoms with Crippen LogP contribution in [0.3, 0.4) is 0 Å². The van der Waals surface area contributed by atoms with Crippen molar-refractivity contribution in [3.05, 3.63) is 35.9 Å². The summed E-state index contributed by atoms with van der Waals surface area (Å²) in [5, 5.41) is 7.99. The van der Waals surface area contributed by atoms with Crippen LogP contribution in [0.2, 0.25) is 0 Å². The van der Waals surface area contributed by atoms with E-state index in [2.05, 4.69) is 20.7 Å². The number of ether oxygens (including phenoxy) is 4. The second-order valence-corrected chi connectivity index (χ2v) is 13.3. The standard InChI is InChI=1S/C29H46N4O10S/c1-6-7-17-44(38,39)33-22(26(35)40-5)18-31-25(34)24-14-13-23(42-24)21(15-16-30-27(36)43-29(2,3)4)32-28(37)41-19-20-11-9-8-10-12-20/h8-12,21-24,33H,6-7,13-19H2,1-5H3,(H,30,36)(H,31,34)(H,32,37)/t21-,22+,23-,24?/m1/s1. The summed E-state index contributed by atoms with van der Waals surface area (Å²) in [4.78, 5) is 49.9. The molecule has 1 aromatic carbocycles. The Morgan fingerprint density at radius 1 is 1.05 bits per heavy atom. The number of rotatable bonds is 16. The van der Waals surface area contributed by atoms with Crippen molar-refractivity contribution in [2.45, 2.75) is 96.3 Å². The topological polar surface area (TPSA) is 187 Å². The maximum Gasteiger partial charge on any atom is 0.407 e. The first kappa shape index (κ1) is 36.8. The van der Waals surface area contributed by atoms with Gasteiger partial charge in [-0.25, -0.2) is 18.0 Å². The molecule has 0 saturated carbocycles. The number of benzene rings is 1. The van der Waals surface area contributed by atoms with Crippen molar-refractivity contribution in [3.8, 4) is 0 Å². The van der Waals surface area contributed by atoms with Gasteiger partial charge >= 0.3 is 18.2 Å². The molecule has 1 heterocycles. The number of hydrogen-bond donors (Lipinski definition) is 4. The van der Waals surface area contributed by atoms with Crippen LogP contribution >= 0.6 is 0 Å². The highest BCUT2D eigenvalue weighted by atomic mass is 32.2. The van der Waals surface area contributed by atoms with Gasteiger partial charge in [0.1, 0.15) is 24.4 Å². The molecular formula is C29H46N4O10S. The van der Waals surface area contributed by atoms with Gasteiger partial charge in [0.25, 0.3) is 0 Å². The van der Waals surface area contributed by atoms with E-state index in [0.717, 1.165) is 12.7 Å². The number of amides is 3. The summed E-state index contributed by atoms with van der Waals surface area (Å²) >= 11 is 0. The van der Waals surface area contributed by atoms with Gasteiger partial charge in [0.05, 0.1) is 25.0 Å². The highest BCUT2D eigenvalue weighted by Crippen LogP contribution is 2.24. The third-order valence-corrected chi connectivity index (χ3v) is 7.96. The van der Waals surface area contributed by atoms with Gasteiger partial charge in [-0.1, -0.05) is 43.7 Å². The number of methoxy groups -OCH3 is 1. The molecule has 0 aromatic heterocycles. The van der Waals surface area contributed by atoms with Crippen LogP contribution < -0.4 is 20.7 Å². The summed E-state index contributed by atoms with van der Waals surface area (Å²) in [5.74, 6) is -1.55. The molecule has 0 aliphatic carbocycles. The van der Waals surface area contributed by atoms with E-state index >= 15 is 0 Å². The number of alkyl carbamates (subject to hydrolysis) is 2. The van der Waals surface area contributed by atoms with E-state index < -0.39 is 64.0 Å². The van der Waals surface area contributed by atoms with Gasteiger partial charge in [0, 0.05) is 13.1 Å². The van der Waals surface area contributed by atoms with Crippen molar-refractivity contribution in [1.29, 1.82) is 0 Å². The van der Waals surface area contributed by atoms with Crippen LogP contribution in [0.4, 0.5) is 9.59 Å². The Labute approximate surface area is 259 Å². The van der Waals surface area contributed by atoms with Crippen molar-refractivity contribution in [1.82, 2.24) is 20.7 Å². The molecule has 2 rings (SSSR count). The number of carbonyl (C=O) groups is 4. The smallest absolute Gasteiger partial charge is 0.407 e. The summed E-state index contributed by atoms with van der Waals surface area (Å²) < 4.78 is 48.2. The zero-order valence-electron chi connectivity index (χ0n) is 26.1. The molecule has 14 nitrogen and oxygen atoms in total. The lowest BCUT2D eigenvalue weighted by Crippen LogP contribution is -2.51. The Bertz CT molecular complexity index is 1190. The SMILES string of the molecule is CCCCS(=O)(=O)N[C@@H](CNC(=O)C1CC[C@H]([C@@H](CCNC(=O)OC(C)(C)C)NC(=O)OCc2ccccc2)O1)C(=O)OC. The predicted molar refractivity (Wildman–Crippen MR) is 161 cm³/mol. The molecule has 1 unspecified atom stereocenters. The summed E-state index contributed by atoms with van der Waals surface area (Å²) in [5.41, 5.74) is 0.123. The van der Waals surface area contributed by atoms with Gasteiger partial charge in [-0.2, -0.15) is 4.72 Å². The van der Waals surface area contributed by atoms with Gasteiger partial charge in [0.15, 0.2) is 0 Å². The normalized spacial score (nSPS) is 18.0. The Kier molecular flexibility index (Phi) is 14.8. The van der Waals surface area contributed by atoms with Crippen LogP contribution in [0.25, 0.3) is 0 Å². The third kappa shape index (κ3) is 13.9. The number of sulfonamides is 1. The molecule has 4 atom stereocenters. The zero-order chi connectivity index (χ0) is 32.8. The lowest BCUT2D eigenvalue weighted by Gasteiger charge is -2.25. The van der Waals surface area contributed by atoms with Crippen molar-refractivity contribution in [2.24, 2.45) is 0 Å². The van der Waals surface area contributed by atoms with Crippen LogP contribution in [0.15, 0.2) is 30.3 Å². The molecule has 0 radical (unpaired) electrons. The third-order valence-electron chi connectivity index (χ3n) is 6.49. The largest absolute Gasteiger partial charge is 0.468 e. The first-order valence-corrected chi connectivity index (χ1v) is 16.3. The Morgan fingerprint density at radius 3 is 2.39 bits per heavy atom. The van der Waals surface area contributed by atoms with Gasteiger partial charge < -0.3 is 34.9 Å². The molecule has 44 heavy (non-hydrogen) atoms. The summed E-state index contributed by atoms with van der Waals surface area (Å²) in [7, 11) is -2.65. The minimum Gasteiger partial charge on any atom is -0.468 e. The fourth-order valence-electron chi connectivity index (χ4n) is 4.30. The van der Waals surface area contributed by atoms with Crippen molar-refractivity contribution < 1.29 is 46.5 Å². The number of carbonyl (C=O) groups excluding carboxylic acids is 4. The van der Waals surface area contributed by atoms with E-state index in [0.29, 0.717) is 25.7 Å². The zero-order valence-corrected chi connectivity index (χ0v) is 26.9. The lowest BCUT2D eigenvalue weighted by atomic mass is 10.0. The molecule has 0 bridgehead atoms.